The normalized spacial score (nSPS) is 16.8. The molecule has 0 bridgehead atoms. The maximum atomic E-state index is 13.1. The van der Waals surface area contributed by atoms with Crippen LogP contribution in [0.2, 0.25) is 0 Å². The van der Waals surface area contributed by atoms with Gasteiger partial charge in [-0.3, -0.25) is 4.79 Å². The number of rotatable bonds is 7. The minimum absolute atomic E-state index is 0.137. The van der Waals surface area contributed by atoms with Gasteiger partial charge in [0.1, 0.15) is 18.2 Å². The van der Waals surface area contributed by atoms with Crippen molar-refractivity contribution >= 4 is 45.4 Å². The number of thioether (sulfide) groups is 1. The maximum Gasteiger partial charge on any atom is 0.260 e. The van der Waals surface area contributed by atoms with E-state index >= 15 is 0 Å². The van der Waals surface area contributed by atoms with Crippen LogP contribution >= 0.6 is 27.7 Å². The predicted molar refractivity (Wildman–Crippen MR) is 132 cm³/mol. The van der Waals surface area contributed by atoms with Gasteiger partial charge in [0.05, 0.1) is 4.91 Å². The minimum atomic E-state index is -0.281. The van der Waals surface area contributed by atoms with Gasteiger partial charge in [-0.2, -0.15) is 0 Å². The second-order valence-corrected chi connectivity index (χ2v) is 9.33. The molecule has 0 unspecified atom stereocenters. The molecular formula is C25H22BrFN2O2S. The van der Waals surface area contributed by atoms with E-state index in [1.807, 2.05) is 36.4 Å². The summed E-state index contributed by atoms with van der Waals surface area (Å²) < 4.78 is 20.0. The van der Waals surface area contributed by atoms with Gasteiger partial charge < -0.3 is 15.4 Å². The summed E-state index contributed by atoms with van der Waals surface area (Å²) in [7, 11) is 0. The van der Waals surface area contributed by atoms with Crippen LogP contribution in [-0.2, 0) is 17.8 Å². The fourth-order valence-corrected chi connectivity index (χ4v) is 4.55. The molecular weight excluding hydrogens is 491 g/mol. The van der Waals surface area contributed by atoms with E-state index in [1.165, 1.54) is 29.5 Å². The SMILES string of the molecule is CCc1ccc(N[C@H]2NC(=O)/C(=C/c3cc(Br)ccc3OCc3ccc(F)cc3)S2)cc1. The zero-order chi connectivity index (χ0) is 22.5. The van der Waals surface area contributed by atoms with E-state index in [0.717, 1.165) is 27.7 Å². The molecule has 0 saturated carbocycles. The summed E-state index contributed by atoms with van der Waals surface area (Å²) in [5.41, 5.74) is 3.61. The molecule has 3 aromatic rings. The molecule has 1 heterocycles. The van der Waals surface area contributed by atoms with Crippen molar-refractivity contribution in [1.82, 2.24) is 5.32 Å². The standard InChI is InChI=1S/C25H22BrFN2O2S/c1-2-16-5-10-21(11-6-16)28-25-29-24(30)23(32-25)14-18-13-19(26)7-12-22(18)31-15-17-3-8-20(27)9-4-17/h3-14,25,28H,2,15H2,1H3,(H,29,30)/b23-14-/t25-/m0/s1. The second-order valence-electron chi connectivity index (χ2n) is 7.27. The predicted octanol–water partition coefficient (Wildman–Crippen LogP) is 6.33. The highest BCUT2D eigenvalue weighted by atomic mass is 79.9. The molecule has 7 heteroatoms. The summed E-state index contributed by atoms with van der Waals surface area (Å²) in [5, 5.41) is 6.29. The zero-order valence-electron chi connectivity index (χ0n) is 17.4. The molecule has 0 aliphatic carbocycles. The fourth-order valence-electron chi connectivity index (χ4n) is 3.20. The van der Waals surface area contributed by atoms with Crippen molar-refractivity contribution in [3.63, 3.8) is 0 Å². The highest BCUT2D eigenvalue weighted by Gasteiger charge is 2.27. The third kappa shape index (κ3) is 5.72. The smallest absolute Gasteiger partial charge is 0.260 e. The van der Waals surface area contributed by atoms with Gasteiger partial charge in [0.25, 0.3) is 5.91 Å². The van der Waals surface area contributed by atoms with Crippen molar-refractivity contribution in [3.8, 4) is 5.75 Å². The van der Waals surface area contributed by atoms with Gasteiger partial charge >= 0.3 is 0 Å². The summed E-state index contributed by atoms with van der Waals surface area (Å²) in [5.74, 6) is 0.226. The Morgan fingerprint density at radius 1 is 1.09 bits per heavy atom. The number of anilines is 1. The van der Waals surface area contributed by atoms with Crippen LogP contribution in [0.4, 0.5) is 10.1 Å². The van der Waals surface area contributed by atoms with Crippen LogP contribution in [-0.4, -0.2) is 11.4 Å². The van der Waals surface area contributed by atoms with E-state index in [4.69, 9.17) is 4.74 Å². The Morgan fingerprint density at radius 2 is 1.81 bits per heavy atom. The topological polar surface area (TPSA) is 50.4 Å². The first-order valence-corrected chi connectivity index (χ1v) is 11.9. The Balaban J connectivity index is 1.47. The molecule has 164 valence electrons. The number of amides is 1. The Bertz CT molecular complexity index is 1130. The number of nitrogens with one attached hydrogen (secondary N) is 2. The Morgan fingerprint density at radius 3 is 2.53 bits per heavy atom. The van der Waals surface area contributed by atoms with Gasteiger partial charge in [-0.1, -0.05) is 58.9 Å². The minimum Gasteiger partial charge on any atom is -0.488 e. The number of carbonyl (C=O) groups is 1. The number of aryl methyl sites for hydroxylation is 1. The molecule has 1 aliphatic rings. The second kappa shape index (κ2) is 10.2. The Labute approximate surface area is 199 Å². The molecule has 0 aromatic heterocycles. The van der Waals surface area contributed by atoms with Gasteiger partial charge in [-0.15, -0.1) is 0 Å². The first kappa shape index (κ1) is 22.4. The first-order valence-electron chi connectivity index (χ1n) is 10.2. The van der Waals surface area contributed by atoms with Crippen LogP contribution in [0.3, 0.4) is 0 Å². The molecule has 0 spiro atoms. The van der Waals surface area contributed by atoms with E-state index in [9.17, 15) is 9.18 Å². The van der Waals surface area contributed by atoms with E-state index in [1.54, 1.807) is 12.1 Å². The summed E-state index contributed by atoms with van der Waals surface area (Å²) in [4.78, 5) is 13.2. The van der Waals surface area contributed by atoms with E-state index in [-0.39, 0.29) is 17.2 Å². The Hall–Kier alpha value is -2.77. The molecule has 1 aliphatic heterocycles. The monoisotopic (exact) mass is 512 g/mol. The Kier molecular flexibility index (Phi) is 7.17. The molecule has 32 heavy (non-hydrogen) atoms. The van der Waals surface area contributed by atoms with Crippen molar-refractivity contribution in [2.24, 2.45) is 0 Å². The number of carbonyl (C=O) groups excluding carboxylic acids is 1. The third-order valence-electron chi connectivity index (χ3n) is 4.96. The molecule has 1 saturated heterocycles. The number of halogens is 2. The number of ether oxygens (including phenoxy) is 1. The van der Waals surface area contributed by atoms with Crippen LogP contribution in [0.5, 0.6) is 5.75 Å². The van der Waals surface area contributed by atoms with Gasteiger partial charge in [-0.05, 0) is 66.1 Å². The van der Waals surface area contributed by atoms with E-state index in [0.29, 0.717) is 17.3 Å². The number of hydrogen-bond donors (Lipinski definition) is 2. The quantitative estimate of drug-likeness (QED) is 0.363. The lowest BCUT2D eigenvalue weighted by molar-refractivity contribution is -0.116. The molecule has 1 amide bonds. The zero-order valence-corrected chi connectivity index (χ0v) is 19.8. The number of hydrogen-bond acceptors (Lipinski definition) is 4. The highest BCUT2D eigenvalue weighted by molar-refractivity contribution is 9.10. The molecule has 0 radical (unpaired) electrons. The van der Waals surface area contributed by atoms with Crippen LogP contribution in [0.1, 0.15) is 23.6 Å². The molecule has 1 fully saturated rings. The summed E-state index contributed by atoms with van der Waals surface area (Å²) in [6.07, 6.45) is 2.81. The molecule has 4 nitrogen and oxygen atoms in total. The number of benzene rings is 3. The average molecular weight is 513 g/mol. The van der Waals surface area contributed by atoms with Crippen molar-refractivity contribution in [1.29, 1.82) is 0 Å². The molecule has 1 atom stereocenters. The van der Waals surface area contributed by atoms with Gasteiger partial charge in [0.2, 0.25) is 0 Å². The lowest BCUT2D eigenvalue weighted by atomic mass is 10.1. The van der Waals surface area contributed by atoms with Gasteiger partial charge in [0, 0.05) is 15.7 Å². The van der Waals surface area contributed by atoms with E-state index < -0.39 is 0 Å². The van der Waals surface area contributed by atoms with Crippen molar-refractivity contribution in [3.05, 3.63) is 98.6 Å². The molecule has 4 rings (SSSR count). The van der Waals surface area contributed by atoms with Crippen molar-refractivity contribution in [2.45, 2.75) is 25.4 Å². The van der Waals surface area contributed by atoms with Crippen LogP contribution in [0.15, 0.2) is 76.1 Å². The van der Waals surface area contributed by atoms with Crippen molar-refractivity contribution < 1.29 is 13.9 Å². The van der Waals surface area contributed by atoms with Crippen LogP contribution in [0.25, 0.3) is 6.08 Å². The lowest BCUT2D eigenvalue weighted by Gasteiger charge is -2.13. The maximum absolute atomic E-state index is 13.1. The molecule has 2 N–H and O–H groups in total. The van der Waals surface area contributed by atoms with Crippen LogP contribution in [0, 0.1) is 5.82 Å². The van der Waals surface area contributed by atoms with Crippen LogP contribution < -0.4 is 15.4 Å². The summed E-state index contributed by atoms with van der Waals surface area (Å²) in [6.45, 7) is 2.42. The van der Waals surface area contributed by atoms with Crippen molar-refractivity contribution in [2.75, 3.05) is 5.32 Å². The van der Waals surface area contributed by atoms with Gasteiger partial charge in [0.15, 0.2) is 5.50 Å². The molecule has 3 aromatic carbocycles. The largest absolute Gasteiger partial charge is 0.488 e. The lowest BCUT2D eigenvalue weighted by Crippen LogP contribution is -2.30. The van der Waals surface area contributed by atoms with Gasteiger partial charge in [-0.25, -0.2) is 4.39 Å². The highest BCUT2D eigenvalue weighted by Crippen LogP contribution is 2.33. The van der Waals surface area contributed by atoms with E-state index in [2.05, 4.69) is 45.6 Å². The average Bonchev–Trinajstić information content (AvgIpc) is 3.13. The summed E-state index contributed by atoms with van der Waals surface area (Å²) in [6, 6.07) is 20.0. The fraction of sp³-hybridized carbons (Fsp3) is 0.160. The first-order chi connectivity index (χ1) is 15.5. The third-order valence-corrected chi connectivity index (χ3v) is 6.48. The summed E-state index contributed by atoms with van der Waals surface area (Å²) >= 11 is 4.91.